The van der Waals surface area contributed by atoms with Crippen LogP contribution in [0, 0.1) is 6.73 Å². The Balaban J connectivity index is 1.85. The third kappa shape index (κ3) is 1.92. The van der Waals surface area contributed by atoms with Gasteiger partial charge in [-0.3, -0.25) is 4.90 Å². The molecule has 80 valence electrons. The second-order valence-corrected chi connectivity index (χ2v) is 3.37. The number of nitrogens with one attached hydrogen (secondary N) is 1. The zero-order valence-electron chi connectivity index (χ0n) is 7.85. The Kier molecular flexibility index (Phi) is 2.76. The molecule has 0 aliphatic carbocycles. The zero-order chi connectivity index (χ0) is 9.97. The highest BCUT2D eigenvalue weighted by atomic mass is 16.5. The lowest BCUT2D eigenvalue weighted by Crippen LogP contribution is -2.43. The number of hydrogen-bond acceptors (Lipinski definition) is 3. The van der Waals surface area contributed by atoms with Crippen molar-refractivity contribution in [2.75, 3.05) is 32.8 Å². The molecule has 0 aromatic rings. The van der Waals surface area contributed by atoms with Crippen molar-refractivity contribution in [1.82, 2.24) is 4.90 Å². The van der Waals surface area contributed by atoms with Gasteiger partial charge in [-0.05, 0) is 0 Å². The number of aliphatic hydroxyl groups is 1. The third-order valence-corrected chi connectivity index (χ3v) is 2.39. The van der Waals surface area contributed by atoms with E-state index in [1.165, 1.54) is 6.73 Å². The quantitative estimate of drug-likeness (QED) is 0.494. The third-order valence-electron chi connectivity index (χ3n) is 2.39. The Hall–Kier alpha value is -0.980. The minimum atomic E-state index is -0.398. The van der Waals surface area contributed by atoms with Crippen molar-refractivity contribution >= 4 is 5.90 Å². The lowest BCUT2D eigenvalue weighted by atomic mass is 10.3. The summed E-state index contributed by atoms with van der Waals surface area (Å²) in [6, 6.07) is 0. The van der Waals surface area contributed by atoms with Gasteiger partial charge in [0, 0.05) is 19.6 Å². The van der Waals surface area contributed by atoms with Gasteiger partial charge in [-0.2, -0.15) is 0 Å². The van der Waals surface area contributed by atoms with Gasteiger partial charge in [0.2, 0.25) is 5.90 Å². The molecule has 2 aliphatic rings. The minimum Gasteiger partial charge on any atom is -0.546 e. The molecular formula is C8H14N3O3-. The van der Waals surface area contributed by atoms with Crippen molar-refractivity contribution in [3.63, 3.8) is 0 Å². The number of nitrogens with zero attached hydrogens (tertiary/aromatic N) is 2. The molecule has 14 heavy (non-hydrogen) atoms. The average molecular weight is 200 g/mol. The highest BCUT2D eigenvalue weighted by Gasteiger charge is 2.24. The molecule has 0 saturated carbocycles. The number of rotatable bonds is 2. The fourth-order valence-electron chi connectivity index (χ4n) is 1.55. The van der Waals surface area contributed by atoms with Crippen molar-refractivity contribution < 1.29 is 19.3 Å². The van der Waals surface area contributed by atoms with E-state index in [9.17, 15) is 5.11 Å². The van der Waals surface area contributed by atoms with Crippen LogP contribution in [0.3, 0.4) is 0 Å². The first-order valence-electron chi connectivity index (χ1n) is 4.62. The van der Waals surface area contributed by atoms with Crippen molar-refractivity contribution in [1.29, 1.82) is 0 Å². The van der Waals surface area contributed by atoms with Crippen LogP contribution in [0.25, 0.3) is 5.84 Å². The number of morpholine rings is 1. The average Bonchev–Trinajstić information content (AvgIpc) is 2.52. The van der Waals surface area contributed by atoms with Crippen molar-refractivity contribution in [2.24, 2.45) is 0 Å². The molecule has 1 atom stereocenters. The minimum absolute atomic E-state index is 0.0449. The van der Waals surface area contributed by atoms with Crippen molar-refractivity contribution in [2.45, 2.75) is 6.10 Å². The standard InChI is InChI=1S/C8H14N3O3/c9-11-6-14-7(8(11)12)5-10-1-3-13-4-2-10/h6-7,9,12H,1-5H2/q-1. The summed E-state index contributed by atoms with van der Waals surface area (Å²) in [5.41, 5.74) is 0. The summed E-state index contributed by atoms with van der Waals surface area (Å²) < 4.78 is 11.2. The van der Waals surface area contributed by atoms with Gasteiger partial charge in [0.1, 0.15) is 12.8 Å². The molecule has 1 unspecified atom stereocenters. The van der Waals surface area contributed by atoms with Gasteiger partial charge in [-0.25, -0.2) is 0 Å². The molecule has 2 aliphatic heterocycles. The Labute approximate surface area is 82.5 Å². The van der Waals surface area contributed by atoms with E-state index in [2.05, 4.69) is 4.90 Å². The van der Waals surface area contributed by atoms with Crippen LogP contribution in [0.2, 0.25) is 0 Å². The highest BCUT2D eigenvalue weighted by molar-refractivity contribution is 5.75. The fraction of sp³-hybridized carbons (Fsp3) is 0.750. The normalized spacial score (nSPS) is 29.3. The predicted octanol–water partition coefficient (Wildman–Crippen LogP) is -0.227. The van der Waals surface area contributed by atoms with Crippen LogP contribution in [-0.2, 0) is 9.47 Å². The summed E-state index contributed by atoms with van der Waals surface area (Å²) in [5, 5.41) is 9.43. The van der Waals surface area contributed by atoms with Crippen molar-refractivity contribution in [3.8, 4) is 0 Å². The number of aliphatic hydroxyl groups excluding tert-OH is 1. The number of ether oxygens (including phenoxy) is 2. The van der Waals surface area contributed by atoms with Gasteiger partial charge >= 0.3 is 0 Å². The monoisotopic (exact) mass is 200 g/mol. The Morgan fingerprint density at radius 1 is 1.57 bits per heavy atom. The lowest BCUT2D eigenvalue weighted by Gasteiger charge is -2.28. The summed E-state index contributed by atoms with van der Waals surface area (Å²) in [5.74, 6) is 7.16. The maximum atomic E-state index is 9.43. The molecule has 1 saturated heterocycles. The van der Waals surface area contributed by atoms with Gasteiger partial charge < -0.3 is 25.1 Å². The van der Waals surface area contributed by atoms with Crippen LogP contribution in [0.1, 0.15) is 0 Å². The summed E-state index contributed by atoms with van der Waals surface area (Å²) in [7, 11) is 0. The molecule has 2 rings (SSSR count). The van der Waals surface area contributed by atoms with Gasteiger partial charge in [-0.1, -0.05) is 0 Å². The zero-order valence-corrected chi connectivity index (χ0v) is 7.85. The molecule has 0 bridgehead atoms. The van der Waals surface area contributed by atoms with E-state index in [4.69, 9.17) is 15.3 Å². The van der Waals surface area contributed by atoms with Crippen molar-refractivity contribution in [3.05, 3.63) is 12.6 Å². The SMILES string of the molecule is [NH-][N+]1=C(O)C(CN2CCOCC2)O[CH-]1. The molecule has 2 heterocycles. The Bertz CT molecular complexity index is 238. The molecule has 0 aromatic heterocycles. The van der Waals surface area contributed by atoms with Gasteiger partial charge in [0.25, 0.3) is 0 Å². The van der Waals surface area contributed by atoms with Gasteiger partial charge in [0.15, 0.2) is 0 Å². The first-order valence-corrected chi connectivity index (χ1v) is 4.62. The first kappa shape index (κ1) is 9.57. The van der Waals surface area contributed by atoms with E-state index >= 15 is 0 Å². The van der Waals surface area contributed by atoms with E-state index in [-0.39, 0.29) is 5.90 Å². The van der Waals surface area contributed by atoms with Crippen LogP contribution in [-0.4, -0.2) is 59.5 Å². The summed E-state index contributed by atoms with van der Waals surface area (Å²) >= 11 is 0. The second kappa shape index (κ2) is 4.04. The lowest BCUT2D eigenvalue weighted by molar-refractivity contribution is -0.442. The van der Waals surface area contributed by atoms with E-state index < -0.39 is 6.10 Å². The number of hydrogen-bond donors (Lipinski definition) is 1. The maximum Gasteiger partial charge on any atom is 0.216 e. The molecule has 0 spiro atoms. The van der Waals surface area contributed by atoms with E-state index in [0.717, 1.165) is 31.0 Å². The molecule has 6 nitrogen and oxygen atoms in total. The molecule has 6 heteroatoms. The largest absolute Gasteiger partial charge is 0.546 e. The summed E-state index contributed by atoms with van der Waals surface area (Å²) in [4.78, 5) is 2.15. The fourth-order valence-corrected chi connectivity index (χ4v) is 1.55. The molecule has 0 aromatic carbocycles. The van der Waals surface area contributed by atoms with E-state index in [0.29, 0.717) is 6.54 Å². The molecule has 2 N–H and O–H groups in total. The van der Waals surface area contributed by atoms with Crippen LogP contribution < -0.4 is 0 Å². The van der Waals surface area contributed by atoms with Gasteiger partial charge in [-0.15, -0.1) is 0 Å². The predicted molar refractivity (Wildman–Crippen MR) is 48.6 cm³/mol. The molecular weight excluding hydrogens is 186 g/mol. The van der Waals surface area contributed by atoms with Crippen LogP contribution in [0.15, 0.2) is 0 Å². The highest BCUT2D eigenvalue weighted by Crippen LogP contribution is 2.10. The molecule has 0 amide bonds. The Morgan fingerprint density at radius 3 is 2.86 bits per heavy atom. The molecule has 0 radical (unpaired) electrons. The maximum absolute atomic E-state index is 9.43. The topological polar surface area (TPSA) is 68.7 Å². The smallest absolute Gasteiger partial charge is 0.216 e. The summed E-state index contributed by atoms with van der Waals surface area (Å²) in [6.07, 6.45) is -0.398. The van der Waals surface area contributed by atoms with Crippen LogP contribution in [0.5, 0.6) is 0 Å². The second-order valence-electron chi connectivity index (χ2n) is 3.37. The van der Waals surface area contributed by atoms with E-state index in [1.807, 2.05) is 0 Å². The molecule has 1 fully saturated rings. The summed E-state index contributed by atoms with van der Waals surface area (Å²) in [6.45, 7) is 4.97. The van der Waals surface area contributed by atoms with Crippen LogP contribution >= 0.6 is 0 Å². The van der Waals surface area contributed by atoms with E-state index in [1.54, 1.807) is 0 Å². The van der Waals surface area contributed by atoms with Gasteiger partial charge in [0.05, 0.1) is 13.2 Å². The van der Waals surface area contributed by atoms with Crippen LogP contribution in [0.4, 0.5) is 0 Å². The Morgan fingerprint density at radius 2 is 2.29 bits per heavy atom. The first-order chi connectivity index (χ1) is 6.77.